The number of nitrogens with zero attached hydrogens (tertiary/aromatic N) is 2. The molecular formula is C7H14N4S. The van der Waals surface area contributed by atoms with Gasteiger partial charge in [0.15, 0.2) is 0 Å². The summed E-state index contributed by atoms with van der Waals surface area (Å²) < 4.78 is 3.89. The van der Waals surface area contributed by atoms with Gasteiger partial charge in [0.1, 0.15) is 6.33 Å². The Morgan fingerprint density at radius 3 is 2.75 bits per heavy atom. The van der Waals surface area contributed by atoms with Crippen molar-refractivity contribution in [1.82, 2.24) is 9.36 Å². The number of hydrogen-bond acceptors (Lipinski definition) is 5. The predicted molar refractivity (Wildman–Crippen MR) is 51.3 cm³/mol. The Morgan fingerprint density at radius 2 is 2.33 bits per heavy atom. The molecule has 1 aromatic rings. The van der Waals surface area contributed by atoms with E-state index in [-0.39, 0.29) is 11.6 Å². The number of hydrogen-bond donors (Lipinski definition) is 2. The quantitative estimate of drug-likeness (QED) is 0.741. The van der Waals surface area contributed by atoms with Crippen molar-refractivity contribution in [3.63, 3.8) is 0 Å². The molecule has 4 nitrogen and oxygen atoms in total. The second kappa shape index (κ2) is 3.37. The summed E-state index contributed by atoms with van der Waals surface area (Å²) in [5, 5.41) is 4.03. The van der Waals surface area contributed by atoms with Gasteiger partial charge in [0.25, 0.3) is 0 Å². The standard InChI is InChI=1S/C7H14N4S/c1-5(8)7(2,3)11-6-9-4-10-12-6/h4-5H,8H2,1-3H3,(H,9,10,11). The first-order valence-corrected chi connectivity index (χ1v) is 4.60. The highest BCUT2D eigenvalue weighted by Gasteiger charge is 2.23. The van der Waals surface area contributed by atoms with Crippen LogP contribution in [0.3, 0.4) is 0 Å². The summed E-state index contributed by atoms with van der Waals surface area (Å²) >= 11 is 1.34. The summed E-state index contributed by atoms with van der Waals surface area (Å²) in [6.07, 6.45) is 1.53. The molecular weight excluding hydrogens is 172 g/mol. The lowest BCUT2D eigenvalue weighted by atomic mass is 9.97. The van der Waals surface area contributed by atoms with E-state index in [9.17, 15) is 0 Å². The van der Waals surface area contributed by atoms with Crippen molar-refractivity contribution in [1.29, 1.82) is 0 Å². The first kappa shape index (κ1) is 9.41. The molecule has 0 spiro atoms. The summed E-state index contributed by atoms with van der Waals surface area (Å²) in [5.41, 5.74) is 5.64. The van der Waals surface area contributed by atoms with Gasteiger partial charge in [0, 0.05) is 23.1 Å². The van der Waals surface area contributed by atoms with Gasteiger partial charge >= 0.3 is 0 Å². The lowest BCUT2D eigenvalue weighted by molar-refractivity contribution is 0.470. The van der Waals surface area contributed by atoms with Crippen LogP contribution in [0.5, 0.6) is 0 Å². The zero-order chi connectivity index (χ0) is 9.19. The Bertz CT molecular complexity index is 230. The molecule has 0 aliphatic rings. The number of anilines is 1. The third kappa shape index (κ3) is 2.15. The van der Waals surface area contributed by atoms with Gasteiger partial charge in [-0.15, -0.1) is 0 Å². The third-order valence-electron chi connectivity index (χ3n) is 1.93. The molecule has 1 atom stereocenters. The highest BCUT2D eigenvalue weighted by atomic mass is 32.1. The van der Waals surface area contributed by atoms with Gasteiger partial charge in [-0.2, -0.15) is 4.37 Å². The molecule has 68 valence electrons. The zero-order valence-electron chi connectivity index (χ0n) is 7.53. The van der Waals surface area contributed by atoms with Gasteiger partial charge in [-0.25, -0.2) is 4.98 Å². The van der Waals surface area contributed by atoms with Crippen molar-refractivity contribution in [2.75, 3.05) is 5.32 Å². The summed E-state index contributed by atoms with van der Waals surface area (Å²) in [6, 6.07) is 0.0707. The minimum Gasteiger partial charge on any atom is -0.354 e. The molecule has 0 aliphatic heterocycles. The summed E-state index contributed by atoms with van der Waals surface area (Å²) in [7, 11) is 0. The smallest absolute Gasteiger partial charge is 0.202 e. The maximum absolute atomic E-state index is 5.78. The second-order valence-electron chi connectivity index (χ2n) is 3.38. The molecule has 1 aromatic heterocycles. The Hall–Kier alpha value is -0.680. The molecule has 0 aromatic carbocycles. The molecule has 0 amide bonds. The Balaban J connectivity index is 2.62. The number of nitrogens with one attached hydrogen (secondary N) is 1. The van der Waals surface area contributed by atoms with Gasteiger partial charge < -0.3 is 11.1 Å². The normalized spacial score (nSPS) is 14.3. The van der Waals surface area contributed by atoms with Crippen LogP contribution in [0.15, 0.2) is 6.33 Å². The van der Waals surface area contributed by atoms with Crippen LogP contribution in [0, 0.1) is 0 Å². The van der Waals surface area contributed by atoms with Crippen molar-refractivity contribution in [2.45, 2.75) is 32.4 Å². The van der Waals surface area contributed by atoms with Crippen LogP contribution in [0.4, 0.5) is 5.13 Å². The zero-order valence-corrected chi connectivity index (χ0v) is 8.35. The van der Waals surface area contributed by atoms with Crippen LogP contribution in [-0.4, -0.2) is 20.9 Å². The monoisotopic (exact) mass is 186 g/mol. The first-order chi connectivity index (χ1) is 5.52. The van der Waals surface area contributed by atoms with Crippen molar-refractivity contribution >= 4 is 16.7 Å². The van der Waals surface area contributed by atoms with Gasteiger partial charge in [-0.05, 0) is 20.8 Å². The molecule has 0 aliphatic carbocycles. The number of rotatable bonds is 3. The maximum atomic E-state index is 5.78. The fourth-order valence-corrected chi connectivity index (χ4v) is 1.21. The van der Waals surface area contributed by atoms with Crippen molar-refractivity contribution in [3.8, 4) is 0 Å². The second-order valence-corrected chi connectivity index (χ2v) is 4.16. The van der Waals surface area contributed by atoms with Gasteiger partial charge in [0.05, 0.1) is 0 Å². The molecule has 0 saturated carbocycles. The maximum Gasteiger partial charge on any atom is 0.202 e. The molecule has 0 saturated heterocycles. The minimum atomic E-state index is -0.139. The molecule has 1 heterocycles. The molecule has 3 N–H and O–H groups in total. The van der Waals surface area contributed by atoms with Crippen molar-refractivity contribution in [3.05, 3.63) is 6.33 Å². The van der Waals surface area contributed by atoms with E-state index >= 15 is 0 Å². The number of aromatic nitrogens is 2. The molecule has 0 bridgehead atoms. The predicted octanol–water partition coefficient (Wildman–Crippen LogP) is 1.08. The van der Waals surface area contributed by atoms with Crippen molar-refractivity contribution in [2.24, 2.45) is 5.73 Å². The van der Waals surface area contributed by atoms with E-state index < -0.39 is 0 Å². The fraction of sp³-hybridized carbons (Fsp3) is 0.714. The Labute approximate surface area is 76.4 Å². The average Bonchev–Trinajstić information content (AvgIpc) is 2.38. The molecule has 12 heavy (non-hydrogen) atoms. The van der Waals surface area contributed by atoms with Crippen LogP contribution in [0.2, 0.25) is 0 Å². The van der Waals surface area contributed by atoms with Gasteiger partial charge in [-0.1, -0.05) is 0 Å². The van der Waals surface area contributed by atoms with Crippen LogP contribution < -0.4 is 11.1 Å². The van der Waals surface area contributed by atoms with Gasteiger partial charge in [0.2, 0.25) is 5.13 Å². The lowest BCUT2D eigenvalue weighted by Crippen LogP contribution is -2.47. The number of nitrogens with two attached hydrogens (primary N) is 1. The summed E-state index contributed by atoms with van der Waals surface area (Å²) in [4.78, 5) is 4.02. The first-order valence-electron chi connectivity index (χ1n) is 3.83. The molecule has 0 fully saturated rings. The van der Waals surface area contributed by atoms with Gasteiger partial charge in [-0.3, -0.25) is 0 Å². The Morgan fingerprint density at radius 1 is 1.67 bits per heavy atom. The highest BCUT2D eigenvalue weighted by molar-refractivity contribution is 7.09. The van der Waals surface area contributed by atoms with E-state index in [1.54, 1.807) is 0 Å². The topological polar surface area (TPSA) is 63.8 Å². The van der Waals surface area contributed by atoms with E-state index in [4.69, 9.17) is 5.73 Å². The minimum absolute atomic E-state index is 0.0707. The summed E-state index contributed by atoms with van der Waals surface area (Å²) in [6.45, 7) is 6.05. The largest absolute Gasteiger partial charge is 0.354 e. The van der Waals surface area contributed by atoms with E-state index in [1.165, 1.54) is 17.9 Å². The average molecular weight is 186 g/mol. The summed E-state index contributed by atoms with van der Waals surface area (Å²) in [5.74, 6) is 0. The van der Waals surface area contributed by atoms with E-state index in [1.807, 2.05) is 20.8 Å². The molecule has 1 rings (SSSR count). The van der Waals surface area contributed by atoms with E-state index in [0.717, 1.165) is 5.13 Å². The van der Waals surface area contributed by atoms with Crippen molar-refractivity contribution < 1.29 is 0 Å². The molecule has 5 heteroatoms. The lowest BCUT2D eigenvalue weighted by Gasteiger charge is -2.29. The SMILES string of the molecule is CC(N)C(C)(C)Nc1ncns1. The van der Waals surface area contributed by atoms with Crippen LogP contribution in [0.25, 0.3) is 0 Å². The third-order valence-corrected chi connectivity index (χ3v) is 2.51. The Kier molecular flexibility index (Phi) is 2.64. The van der Waals surface area contributed by atoms with E-state index in [0.29, 0.717) is 0 Å². The molecule has 1 unspecified atom stereocenters. The van der Waals surface area contributed by atoms with E-state index in [2.05, 4.69) is 14.7 Å². The molecule has 0 radical (unpaired) electrons. The fourth-order valence-electron chi connectivity index (χ4n) is 0.618. The highest BCUT2D eigenvalue weighted by Crippen LogP contribution is 2.17. The van der Waals surface area contributed by atoms with Crippen LogP contribution in [0.1, 0.15) is 20.8 Å². The van der Waals surface area contributed by atoms with Crippen LogP contribution >= 0.6 is 11.5 Å². The van der Waals surface area contributed by atoms with Crippen LogP contribution in [-0.2, 0) is 0 Å².